The van der Waals surface area contributed by atoms with Crippen LogP contribution in [0, 0.1) is 17.0 Å². The lowest BCUT2D eigenvalue weighted by atomic mass is 10.1. The lowest BCUT2D eigenvalue weighted by Crippen LogP contribution is -2.28. The number of nitrogens with zero attached hydrogens (tertiary/aromatic N) is 2. The molecule has 2 rings (SSSR count). The Bertz CT molecular complexity index is 880. The summed E-state index contributed by atoms with van der Waals surface area (Å²) in [6.45, 7) is 2.77. The number of aromatic carboxylic acids is 1. The number of carboxylic acid groups (broad SMARTS) is 1. The molecule has 0 bridgehead atoms. The number of hydrogen-bond donors (Lipinski definition) is 1. The number of carbonyl (C=O) groups is 2. The Morgan fingerprint density at radius 1 is 1.17 bits per heavy atom. The summed E-state index contributed by atoms with van der Waals surface area (Å²) < 4.78 is 1.06. The van der Waals surface area contributed by atoms with Crippen molar-refractivity contribution in [3.63, 3.8) is 0 Å². The number of carboxylic acids is 1. The van der Waals surface area contributed by atoms with E-state index in [4.69, 9.17) is 5.11 Å². The summed E-state index contributed by atoms with van der Waals surface area (Å²) in [4.78, 5) is 45.4. The number of aromatic nitrogens is 1. The summed E-state index contributed by atoms with van der Waals surface area (Å²) >= 11 is 0. The first-order valence-corrected chi connectivity index (χ1v) is 6.49. The van der Waals surface area contributed by atoms with E-state index in [1.807, 2.05) is 0 Å². The molecule has 0 amide bonds. The lowest BCUT2D eigenvalue weighted by molar-refractivity contribution is -0.384. The molecule has 0 aliphatic carbocycles. The molecule has 0 saturated carbocycles. The van der Waals surface area contributed by atoms with Gasteiger partial charge in [-0.05, 0) is 32.0 Å². The monoisotopic (exact) mass is 316 g/mol. The Hall–Kier alpha value is -3.29. The molecule has 8 heteroatoms. The molecule has 0 saturated heterocycles. The van der Waals surface area contributed by atoms with Crippen LogP contribution in [0.3, 0.4) is 0 Å². The van der Waals surface area contributed by atoms with E-state index in [1.54, 1.807) is 0 Å². The second kappa shape index (κ2) is 5.84. The van der Waals surface area contributed by atoms with Crippen molar-refractivity contribution >= 4 is 17.4 Å². The molecular formula is C15H12N2O6. The van der Waals surface area contributed by atoms with Gasteiger partial charge in [-0.1, -0.05) is 0 Å². The highest BCUT2D eigenvalue weighted by molar-refractivity contribution is 5.98. The number of pyridine rings is 1. The minimum atomic E-state index is -1.45. The van der Waals surface area contributed by atoms with Gasteiger partial charge < -0.3 is 5.11 Å². The molecule has 1 aromatic heterocycles. The summed E-state index contributed by atoms with van der Waals surface area (Å²) in [6.07, 6.45) is 0. The highest BCUT2D eigenvalue weighted by Crippen LogP contribution is 2.18. The van der Waals surface area contributed by atoms with Gasteiger partial charge in [0, 0.05) is 29.1 Å². The first-order chi connectivity index (χ1) is 10.7. The van der Waals surface area contributed by atoms with Crippen LogP contribution in [0.25, 0.3) is 5.69 Å². The van der Waals surface area contributed by atoms with E-state index in [9.17, 15) is 24.5 Å². The first kappa shape index (κ1) is 16.1. The molecule has 0 aliphatic heterocycles. The van der Waals surface area contributed by atoms with E-state index in [0.717, 1.165) is 10.6 Å². The van der Waals surface area contributed by atoms with Gasteiger partial charge in [-0.25, -0.2) is 4.79 Å². The third kappa shape index (κ3) is 2.86. The predicted octanol–water partition coefficient (Wildman–Crippen LogP) is 1.95. The average Bonchev–Trinajstić information content (AvgIpc) is 2.47. The van der Waals surface area contributed by atoms with Gasteiger partial charge in [-0.15, -0.1) is 0 Å². The van der Waals surface area contributed by atoms with Crippen LogP contribution in [0.2, 0.25) is 0 Å². The highest BCUT2D eigenvalue weighted by Gasteiger charge is 2.20. The smallest absolute Gasteiger partial charge is 0.341 e. The van der Waals surface area contributed by atoms with Gasteiger partial charge >= 0.3 is 5.97 Å². The maximum Gasteiger partial charge on any atom is 0.341 e. The van der Waals surface area contributed by atoms with Gasteiger partial charge in [0.2, 0.25) is 0 Å². The van der Waals surface area contributed by atoms with Gasteiger partial charge in [0.25, 0.3) is 11.2 Å². The zero-order valence-electron chi connectivity index (χ0n) is 12.3. The fourth-order valence-electron chi connectivity index (χ4n) is 2.25. The molecule has 0 spiro atoms. The van der Waals surface area contributed by atoms with E-state index in [2.05, 4.69) is 0 Å². The molecule has 1 N–H and O–H groups in total. The second-order valence-corrected chi connectivity index (χ2v) is 4.83. The van der Waals surface area contributed by atoms with Crippen molar-refractivity contribution < 1.29 is 19.6 Å². The third-order valence-corrected chi connectivity index (χ3v) is 3.38. The first-order valence-electron chi connectivity index (χ1n) is 6.49. The summed E-state index contributed by atoms with van der Waals surface area (Å²) in [5.41, 5.74) is -0.918. The van der Waals surface area contributed by atoms with Crippen LogP contribution in [0.5, 0.6) is 0 Å². The molecule has 0 atom stereocenters. The molecule has 0 aliphatic rings. The largest absolute Gasteiger partial charge is 0.477 e. The van der Waals surface area contributed by atoms with Gasteiger partial charge in [-0.2, -0.15) is 0 Å². The Labute approximate surface area is 129 Å². The fraction of sp³-hybridized carbons (Fsp3) is 0.133. The SMILES string of the molecule is CC(=O)c1cc(C(=O)O)c(=O)n(-c2ccc([N+](=O)[O-])cc2)c1C. The molecule has 1 aromatic carbocycles. The number of non-ortho nitro benzene ring substituents is 1. The molecule has 0 unspecified atom stereocenters. The number of Topliss-reactive ketones (excluding diaryl/α,β-unsaturated/α-hetero) is 1. The molecular weight excluding hydrogens is 304 g/mol. The number of benzene rings is 1. The van der Waals surface area contributed by atoms with Crippen LogP contribution in [-0.2, 0) is 0 Å². The van der Waals surface area contributed by atoms with Crippen molar-refractivity contribution in [2.75, 3.05) is 0 Å². The van der Waals surface area contributed by atoms with Crippen molar-refractivity contribution in [3.05, 3.63) is 67.6 Å². The van der Waals surface area contributed by atoms with Crippen LogP contribution in [0.15, 0.2) is 35.1 Å². The molecule has 118 valence electrons. The Morgan fingerprint density at radius 2 is 1.74 bits per heavy atom. The van der Waals surface area contributed by atoms with E-state index < -0.39 is 22.0 Å². The van der Waals surface area contributed by atoms with E-state index in [-0.39, 0.29) is 28.4 Å². The van der Waals surface area contributed by atoms with Crippen LogP contribution in [0.1, 0.15) is 33.3 Å². The van der Waals surface area contributed by atoms with Crippen molar-refractivity contribution in [3.8, 4) is 5.69 Å². The lowest BCUT2D eigenvalue weighted by Gasteiger charge is -2.14. The molecule has 8 nitrogen and oxygen atoms in total. The Balaban J connectivity index is 2.79. The number of nitro groups is 1. The molecule has 0 radical (unpaired) electrons. The van der Waals surface area contributed by atoms with Crippen molar-refractivity contribution in [1.29, 1.82) is 0 Å². The van der Waals surface area contributed by atoms with Gasteiger partial charge in [0.15, 0.2) is 5.78 Å². The van der Waals surface area contributed by atoms with Crippen LogP contribution >= 0.6 is 0 Å². The Kier molecular flexibility index (Phi) is 4.08. The zero-order chi connectivity index (χ0) is 17.3. The minimum absolute atomic E-state index is 0.0975. The normalized spacial score (nSPS) is 10.3. The van der Waals surface area contributed by atoms with Gasteiger partial charge in [0.05, 0.1) is 4.92 Å². The maximum atomic E-state index is 12.4. The zero-order valence-corrected chi connectivity index (χ0v) is 12.3. The number of hydrogen-bond acceptors (Lipinski definition) is 5. The number of nitro benzene ring substituents is 1. The van der Waals surface area contributed by atoms with Crippen molar-refractivity contribution in [2.24, 2.45) is 0 Å². The van der Waals surface area contributed by atoms with Crippen LogP contribution in [0.4, 0.5) is 5.69 Å². The standard InChI is InChI=1S/C15H12N2O6/c1-8-12(9(2)18)7-13(15(20)21)14(19)16(8)10-3-5-11(6-4-10)17(22)23/h3-7H,1-2H3,(H,20,21). The summed E-state index contributed by atoms with van der Waals surface area (Å²) in [5.74, 6) is -1.84. The third-order valence-electron chi connectivity index (χ3n) is 3.38. The van der Waals surface area contributed by atoms with Crippen LogP contribution in [-0.4, -0.2) is 26.3 Å². The van der Waals surface area contributed by atoms with Gasteiger partial charge in [0.1, 0.15) is 5.56 Å². The summed E-state index contributed by atoms with van der Waals surface area (Å²) in [5, 5.41) is 19.8. The number of carbonyl (C=O) groups excluding carboxylic acids is 1. The van der Waals surface area contributed by atoms with Gasteiger partial charge in [-0.3, -0.25) is 24.3 Å². The van der Waals surface area contributed by atoms with Crippen LogP contribution < -0.4 is 5.56 Å². The fourth-order valence-corrected chi connectivity index (χ4v) is 2.25. The molecule has 0 fully saturated rings. The molecule has 1 heterocycles. The molecule has 23 heavy (non-hydrogen) atoms. The van der Waals surface area contributed by atoms with Crippen molar-refractivity contribution in [2.45, 2.75) is 13.8 Å². The average molecular weight is 316 g/mol. The topological polar surface area (TPSA) is 120 Å². The number of ketones is 1. The predicted molar refractivity (Wildman–Crippen MR) is 80.4 cm³/mol. The molecule has 2 aromatic rings. The minimum Gasteiger partial charge on any atom is -0.477 e. The van der Waals surface area contributed by atoms with E-state index in [0.29, 0.717) is 0 Å². The van der Waals surface area contributed by atoms with E-state index >= 15 is 0 Å². The quantitative estimate of drug-likeness (QED) is 0.523. The maximum absolute atomic E-state index is 12.4. The Morgan fingerprint density at radius 3 is 2.17 bits per heavy atom. The number of rotatable bonds is 4. The van der Waals surface area contributed by atoms with Crippen molar-refractivity contribution in [1.82, 2.24) is 4.57 Å². The highest BCUT2D eigenvalue weighted by atomic mass is 16.6. The second-order valence-electron chi connectivity index (χ2n) is 4.83. The van der Waals surface area contributed by atoms with E-state index in [1.165, 1.54) is 38.1 Å². The summed E-state index contributed by atoms with van der Waals surface area (Å²) in [7, 11) is 0. The summed E-state index contributed by atoms with van der Waals surface area (Å²) in [6, 6.07) is 6.08.